The molecule has 0 saturated heterocycles. The zero-order chi connectivity index (χ0) is 17.9. The molecule has 1 amide bonds. The highest BCUT2D eigenvalue weighted by Gasteiger charge is 2.52. The summed E-state index contributed by atoms with van der Waals surface area (Å²) in [7, 11) is -3.53. The molecule has 7 nitrogen and oxygen atoms in total. The molecule has 1 fully saturated rings. The second kappa shape index (κ2) is 5.42. The second-order valence-corrected chi connectivity index (χ2v) is 9.31. The predicted octanol–water partition coefficient (Wildman–Crippen LogP) is 2.38. The van der Waals surface area contributed by atoms with Gasteiger partial charge < -0.3 is 4.74 Å². The van der Waals surface area contributed by atoms with Gasteiger partial charge in [-0.1, -0.05) is 11.6 Å². The molecule has 0 bridgehead atoms. The highest BCUT2D eigenvalue weighted by atomic mass is 35.5. The number of rotatable bonds is 2. The summed E-state index contributed by atoms with van der Waals surface area (Å²) in [6.07, 6.45) is 2.40. The van der Waals surface area contributed by atoms with Crippen LogP contribution in [0.25, 0.3) is 0 Å². The lowest BCUT2D eigenvalue weighted by Gasteiger charge is -2.24. The lowest BCUT2D eigenvalue weighted by molar-refractivity contribution is 0.0338. The lowest BCUT2D eigenvalue weighted by atomic mass is 10.2. The Hall–Kier alpha value is -1.67. The van der Waals surface area contributed by atoms with E-state index in [9.17, 15) is 13.2 Å². The minimum atomic E-state index is -3.53. The standard InChI is InChI=1S/C15H18ClN3O4S/c1-15(2,3)23-14(20)19-6-8-9(7-19)12(8)10-5-11(16)18-13(17-10)24(4,21)22/h5-6,9,12H,7H2,1-4H3/t9-,12-/m0/s1. The maximum absolute atomic E-state index is 12.0. The number of halogens is 1. The van der Waals surface area contributed by atoms with E-state index >= 15 is 0 Å². The minimum Gasteiger partial charge on any atom is -0.443 e. The zero-order valence-corrected chi connectivity index (χ0v) is 15.3. The molecule has 1 saturated carbocycles. The minimum absolute atomic E-state index is 0.0234. The van der Waals surface area contributed by atoms with Crippen LogP contribution in [0, 0.1) is 5.92 Å². The molecule has 9 heteroatoms. The molecule has 2 atom stereocenters. The number of hydrogen-bond acceptors (Lipinski definition) is 6. The topological polar surface area (TPSA) is 89.5 Å². The SMILES string of the molecule is CC(C)(C)OC(=O)N1C=C2[C@H](c3cc(Cl)nc(S(C)(=O)=O)n3)[C@H]2C1. The van der Waals surface area contributed by atoms with Gasteiger partial charge in [-0.3, -0.25) is 4.90 Å². The molecule has 1 aromatic heterocycles. The van der Waals surface area contributed by atoms with Crippen LogP contribution in [0.3, 0.4) is 0 Å². The van der Waals surface area contributed by atoms with E-state index in [0.717, 1.165) is 11.8 Å². The first-order valence-electron chi connectivity index (χ1n) is 7.41. The van der Waals surface area contributed by atoms with Crippen LogP contribution in [0.1, 0.15) is 32.4 Å². The van der Waals surface area contributed by atoms with E-state index in [0.29, 0.717) is 12.2 Å². The summed E-state index contributed by atoms with van der Waals surface area (Å²) >= 11 is 5.92. The van der Waals surface area contributed by atoms with Crippen molar-refractivity contribution < 1.29 is 17.9 Å². The van der Waals surface area contributed by atoms with Gasteiger partial charge >= 0.3 is 6.09 Å². The van der Waals surface area contributed by atoms with Crippen LogP contribution in [0.2, 0.25) is 5.15 Å². The van der Waals surface area contributed by atoms with Crippen molar-refractivity contribution in [2.75, 3.05) is 12.8 Å². The fourth-order valence-corrected chi connectivity index (χ4v) is 3.51. The number of amides is 1. The smallest absolute Gasteiger partial charge is 0.414 e. The zero-order valence-electron chi connectivity index (χ0n) is 13.8. The molecule has 130 valence electrons. The Bertz CT molecular complexity index is 845. The molecule has 2 aliphatic rings. The summed E-state index contributed by atoms with van der Waals surface area (Å²) in [6.45, 7) is 5.93. The average Bonchev–Trinajstić information content (AvgIpc) is 2.89. The van der Waals surface area contributed by atoms with Gasteiger partial charge in [-0.25, -0.2) is 23.2 Å². The Morgan fingerprint density at radius 1 is 1.38 bits per heavy atom. The Balaban J connectivity index is 1.79. The van der Waals surface area contributed by atoms with Gasteiger partial charge in [0.1, 0.15) is 10.8 Å². The van der Waals surface area contributed by atoms with E-state index in [1.165, 1.54) is 4.90 Å². The summed E-state index contributed by atoms with van der Waals surface area (Å²) in [5, 5.41) is -0.186. The van der Waals surface area contributed by atoms with Crippen molar-refractivity contribution in [3.8, 4) is 0 Å². The summed E-state index contributed by atoms with van der Waals surface area (Å²) in [5.74, 6) is 0.0978. The van der Waals surface area contributed by atoms with Crippen molar-refractivity contribution in [1.29, 1.82) is 0 Å². The van der Waals surface area contributed by atoms with Gasteiger partial charge in [0.15, 0.2) is 0 Å². The van der Waals surface area contributed by atoms with Crippen LogP contribution >= 0.6 is 11.6 Å². The molecule has 2 heterocycles. The van der Waals surface area contributed by atoms with Crippen molar-refractivity contribution in [3.05, 3.63) is 28.7 Å². The van der Waals surface area contributed by atoms with Gasteiger partial charge in [0.05, 0.1) is 5.69 Å². The molecular formula is C15H18ClN3O4S. The highest BCUT2D eigenvalue weighted by Crippen LogP contribution is 2.57. The Kier molecular flexibility index (Phi) is 3.88. The molecule has 1 aromatic rings. The number of carbonyl (C=O) groups is 1. The summed E-state index contributed by atoms with van der Waals surface area (Å²) in [6, 6.07) is 1.57. The molecule has 0 unspecified atom stereocenters. The lowest BCUT2D eigenvalue weighted by Crippen LogP contribution is -2.33. The Morgan fingerprint density at radius 3 is 2.54 bits per heavy atom. The van der Waals surface area contributed by atoms with Crippen molar-refractivity contribution >= 4 is 27.5 Å². The third-order valence-corrected chi connectivity index (χ3v) is 4.79. The van der Waals surface area contributed by atoms with Gasteiger partial charge in [-0.2, -0.15) is 0 Å². The largest absolute Gasteiger partial charge is 0.443 e. The van der Waals surface area contributed by atoms with Gasteiger partial charge in [-0.05, 0) is 32.4 Å². The normalized spacial score (nSPS) is 22.9. The van der Waals surface area contributed by atoms with Crippen LogP contribution in [-0.2, 0) is 14.6 Å². The average molecular weight is 372 g/mol. The first-order chi connectivity index (χ1) is 11.0. The molecule has 24 heavy (non-hydrogen) atoms. The fourth-order valence-electron chi connectivity index (χ4n) is 2.73. The Labute approximate surface area is 145 Å². The quantitative estimate of drug-likeness (QED) is 0.585. The second-order valence-electron chi connectivity index (χ2n) is 7.02. The Morgan fingerprint density at radius 2 is 2.04 bits per heavy atom. The third-order valence-electron chi connectivity index (χ3n) is 3.75. The number of hydrogen-bond donors (Lipinski definition) is 0. The van der Waals surface area contributed by atoms with Gasteiger partial charge in [0.2, 0.25) is 15.0 Å². The molecule has 0 N–H and O–H groups in total. The van der Waals surface area contributed by atoms with Crippen molar-refractivity contribution in [3.63, 3.8) is 0 Å². The molecule has 1 aliphatic heterocycles. The number of aromatic nitrogens is 2. The van der Waals surface area contributed by atoms with E-state index in [2.05, 4.69) is 9.97 Å². The number of ether oxygens (including phenoxy) is 1. The van der Waals surface area contributed by atoms with E-state index in [1.807, 2.05) is 20.8 Å². The summed E-state index contributed by atoms with van der Waals surface area (Å²) < 4.78 is 28.6. The van der Waals surface area contributed by atoms with Crippen LogP contribution < -0.4 is 0 Å². The first-order valence-corrected chi connectivity index (χ1v) is 9.68. The number of fused-ring (bicyclic) bond motifs is 1. The van der Waals surface area contributed by atoms with E-state index in [-0.39, 0.29) is 22.1 Å². The molecular weight excluding hydrogens is 354 g/mol. The molecule has 3 rings (SSSR count). The van der Waals surface area contributed by atoms with Crippen molar-refractivity contribution in [2.24, 2.45) is 5.92 Å². The monoisotopic (exact) mass is 371 g/mol. The summed E-state index contributed by atoms with van der Waals surface area (Å²) in [5.41, 5.74) is 1.04. The van der Waals surface area contributed by atoms with E-state index < -0.39 is 21.5 Å². The predicted molar refractivity (Wildman–Crippen MR) is 87.4 cm³/mol. The van der Waals surface area contributed by atoms with Gasteiger partial charge in [0, 0.05) is 30.8 Å². The number of sulfone groups is 1. The maximum atomic E-state index is 12.0. The van der Waals surface area contributed by atoms with E-state index in [1.54, 1.807) is 12.3 Å². The van der Waals surface area contributed by atoms with Crippen LogP contribution in [0.5, 0.6) is 0 Å². The maximum Gasteiger partial charge on any atom is 0.414 e. The molecule has 0 radical (unpaired) electrons. The molecule has 0 spiro atoms. The van der Waals surface area contributed by atoms with Crippen LogP contribution in [0.15, 0.2) is 23.0 Å². The summed E-state index contributed by atoms with van der Waals surface area (Å²) in [4.78, 5) is 21.4. The van der Waals surface area contributed by atoms with Crippen molar-refractivity contribution in [2.45, 2.75) is 37.4 Å². The highest BCUT2D eigenvalue weighted by molar-refractivity contribution is 7.90. The molecule has 0 aromatic carbocycles. The van der Waals surface area contributed by atoms with E-state index in [4.69, 9.17) is 16.3 Å². The van der Waals surface area contributed by atoms with Crippen molar-refractivity contribution in [1.82, 2.24) is 14.9 Å². The van der Waals surface area contributed by atoms with Crippen LogP contribution in [0.4, 0.5) is 4.79 Å². The van der Waals surface area contributed by atoms with Gasteiger partial charge in [-0.15, -0.1) is 0 Å². The van der Waals surface area contributed by atoms with Crippen LogP contribution in [-0.4, -0.2) is 47.8 Å². The fraction of sp³-hybridized carbons (Fsp3) is 0.533. The number of carbonyl (C=O) groups excluding carboxylic acids is 1. The first kappa shape index (κ1) is 17.2. The number of nitrogens with zero attached hydrogens (tertiary/aromatic N) is 3. The molecule has 1 aliphatic carbocycles. The van der Waals surface area contributed by atoms with Gasteiger partial charge in [0.25, 0.3) is 0 Å². The third kappa shape index (κ3) is 3.39.